The maximum Gasteiger partial charge on any atom is 0.251 e. The van der Waals surface area contributed by atoms with Crippen molar-refractivity contribution < 1.29 is 4.74 Å². The fourth-order valence-corrected chi connectivity index (χ4v) is 3.09. The van der Waals surface area contributed by atoms with Gasteiger partial charge in [-0.3, -0.25) is 0 Å². The van der Waals surface area contributed by atoms with Gasteiger partial charge in [0.05, 0.1) is 19.4 Å². The van der Waals surface area contributed by atoms with Crippen molar-refractivity contribution in [1.82, 2.24) is 15.2 Å². The van der Waals surface area contributed by atoms with Gasteiger partial charge in [-0.25, -0.2) is 0 Å². The van der Waals surface area contributed by atoms with E-state index < -0.39 is 0 Å². The molecule has 0 unspecified atom stereocenters. The third-order valence-corrected chi connectivity index (χ3v) is 4.22. The molecule has 0 radical (unpaired) electrons. The van der Waals surface area contributed by atoms with Crippen LogP contribution in [-0.4, -0.2) is 48.0 Å². The van der Waals surface area contributed by atoms with Crippen LogP contribution in [0.15, 0.2) is 30.5 Å². The molecular weight excluding hydrogens is 278 g/mol. The first-order chi connectivity index (χ1) is 10.9. The van der Waals surface area contributed by atoms with Gasteiger partial charge < -0.3 is 14.5 Å². The maximum atomic E-state index is 5.40. The van der Waals surface area contributed by atoms with Crippen LogP contribution in [0.4, 0.5) is 17.5 Å². The lowest BCUT2D eigenvalue weighted by atomic mass is 10.0. The summed E-state index contributed by atoms with van der Waals surface area (Å²) >= 11 is 0. The molecule has 2 aromatic rings. The summed E-state index contributed by atoms with van der Waals surface area (Å²) in [5.41, 5.74) is 2.56. The van der Waals surface area contributed by atoms with Crippen LogP contribution in [0.2, 0.25) is 0 Å². The number of rotatable bonds is 2. The Balaban J connectivity index is 1.66. The van der Waals surface area contributed by atoms with Crippen molar-refractivity contribution in [3.63, 3.8) is 0 Å². The number of anilines is 3. The normalized spacial score (nSPS) is 18.2. The zero-order valence-corrected chi connectivity index (χ0v) is 12.5. The van der Waals surface area contributed by atoms with Gasteiger partial charge >= 0.3 is 0 Å². The average molecular weight is 297 g/mol. The van der Waals surface area contributed by atoms with Gasteiger partial charge in [0.15, 0.2) is 5.82 Å². The van der Waals surface area contributed by atoms with E-state index >= 15 is 0 Å². The van der Waals surface area contributed by atoms with Crippen LogP contribution in [0.25, 0.3) is 0 Å². The Labute approximate surface area is 129 Å². The lowest BCUT2D eigenvalue weighted by molar-refractivity contribution is 0.122. The van der Waals surface area contributed by atoms with Gasteiger partial charge in [-0.15, -0.1) is 5.10 Å². The number of fused-ring (bicyclic) bond motifs is 1. The van der Waals surface area contributed by atoms with Crippen molar-refractivity contribution in [2.45, 2.75) is 12.8 Å². The van der Waals surface area contributed by atoms with Crippen molar-refractivity contribution in [1.29, 1.82) is 0 Å². The van der Waals surface area contributed by atoms with Crippen LogP contribution in [0.5, 0.6) is 0 Å². The Kier molecular flexibility index (Phi) is 3.60. The Bertz CT molecular complexity index is 656. The molecule has 0 saturated carbocycles. The first-order valence-corrected chi connectivity index (χ1v) is 7.80. The number of ether oxygens (including phenoxy) is 1. The second-order valence-electron chi connectivity index (χ2n) is 5.60. The van der Waals surface area contributed by atoms with Crippen LogP contribution >= 0.6 is 0 Å². The third-order valence-electron chi connectivity index (χ3n) is 4.22. The minimum absolute atomic E-state index is 0.691. The highest BCUT2D eigenvalue weighted by molar-refractivity contribution is 5.63. The number of nitrogens with zero attached hydrogens (tertiary/aromatic N) is 5. The van der Waals surface area contributed by atoms with Gasteiger partial charge in [0.1, 0.15) is 0 Å². The molecule has 0 bridgehead atoms. The highest BCUT2D eigenvalue weighted by atomic mass is 16.5. The number of benzene rings is 1. The fourth-order valence-electron chi connectivity index (χ4n) is 3.09. The van der Waals surface area contributed by atoms with Gasteiger partial charge in [0.2, 0.25) is 0 Å². The molecular formula is C16H19N5O. The molecule has 6 heteroatoms. The molecule has 114 valence electrons. The quantitative estimate of drug-likeness (QED) is 0.842. The Hall–Kier alpha value is -2.21. The summed E-state index contributed by atoms with van der Waals surface area (Å²) < 4.78 is 5.40. The molecule has 0 N–H and O–H groups in total. The number of para-hydroxylation sites is 1. The van der Waals surface area contributed by atoms with E-state index in [2.05, 4.69) is 44.3 Å². The van der Waals surface area contributed by atoms with Gasteiger partial charge in [-0.05, 0) is 24.5 Å². The van der Waals surface area contributed by atoms with Crippen LogP contribution in [-0.2, 0) is 11.2 Å². The van der Waals surface area contributed by atoms with Crippen molar-refractivity contribution >= 4 is 17.5 Å². The number of morpholine rings is 1. The smallest absolute Gasteiger partial charge is 0.251 e. The monoisotopic (exact) mass is 297 g/mol. The third kappa shape index (κ3) is 2.50. The zero-order chi connectivity index (χ0) is 14.8. The average Bonchev–Trinajstić information content (AvgIpc) is 2.62. The molecule has 0 spiro atoms. The summed E-state index contributed by atoms with van der Waals surface area (Å²) in [6.07, 6.45) is 3.97. The van der Waals surface area contributed by atoms with Crippen LogP contribution in [0.3, 0.4) is 0 Å². The molecule has 1 fully saturated rings. The van der Waals surface area contributed by atoms with Crippen LogP contribution < -0.4 is 9.80 Å². The number of hydrogen-bond donors (Lipinski definition) is 0. The predicted octanol–water partition coefficient (Wildman–Crippen LogP) is 1.79. The van der Waals surface area contributed by atoms with E-state index in [-0.39, 0.29) is 0 Å². The summed E-state index contributed by atoms with van der Waals surface area (Å²) in [6, 6.07) is 8.47. The number of aromatic nitrogens is 3. The first-order valence-electron chi connectivity index (χ1n) is 7.80. The molecule has 1 aromatic heterocycles. The predicted molar refractivity (Wildman–Crippen MR) is 84.6 cm³/mol. The molecule has 1 aromatic carbocycles. The van der Waals surface area contributed by atoms with E-state index in [0.29, 0.717) is 5.95 Å². The van der Waals surface area contributed by atoms with Gasteiger partial charge in [0.25, 0.3) is 5.95 Å². The summed E-state index contributed by atoms with van der Waals surface area (Å²) in [4.78, 5) is 9.12. The molecule has 0 aliphatic carbocycles. The molecule has 2 aliphatic rings. The van der Waals surface area contributed by atoms with E-state index in [1.165, 1.54) is 11.3 Å². The highest BCUT2D eigenvalue weighted by Crippen LogP contribution is 2.31. The van der Waals surface area contributed by atoms with E-state index in [1.54, 1.807) is 6.20 Å². The largest absolute Gasteiger partial charge is 0.378 e. The summed E-state index contributed by atoms with van der Waals surface area (Å²) in [7, 11) is 0. The second kappa shape index (κ2) is 5.88. The second-order valence-corrected chi connectivity index (χ2v) is 5.60. The fraction of sp³-hybridized carbons (Fsp3) is 0.438. The van der Waals surface area contributed by atoms with E-state index in [9.17, 15) is 0 Å². The lowest BCUT2D eigenvalue weighted by Crippen LogP contribution is -2.37. The number of aryl methyl sites for hydroxylation is 1. The van der Waals surface area contributed by atoms with Crippen LogP contribution in [0.1, 0.15) is 12.0 Å². The summed E-state index contributed by atoms with van der Waals surface area (Å²) in [5, 5.41) is 8.43. The Morgan fingerprint density at radius 2 is 1.91 bits per heavy atom. The first kappa shape index (κ1) is 13.5. The molecule has 6 nitrogen and oxygen atoms in total. The molecule has 0 amide bonds. The molecule has 0 atom stereocenters. The Morgan fingerprint density at radius 3 is 2.82 bits per heavy atom. The van der Waals surface area contributed by atoms with Gasteiger partial charge in [-0.1, -0.05) is 18.2 Å². The molecule has 3 heterocycles. The summed E-state index contributed by atoms with van der Waals surface area (Å²) in [5.74, 6) is 1.58. The van der Waals surface area contributed by atoms with Crippen molar-refractivity contribution in [3.05, 3.63) is 36.0 Å². The molecule has 1 saturated heterocycles. The van der Waals surface area contributed by atoms with Crippen molar-refractivity contribution in [2.24, 2.45) is 0 Å². The lowest BCUT2D eigenvalue weighted by Gasteiger charge is -2.31. The summed E-state index contributed by atoms with van der Waals surface area (Å²) in [6.45, 7) is 4.13. The maximum absolute atomic E-state index is 5.40. The SMILES string of the molecule is c1ccc2c(c1)CCCN2c1nncc(N2CCOCC2)n1. The molecule has 22 heavy (non-hydrogen) atoms. The number of hydrogen-bond acceptors (Lipinski definition) is 6. The van der Waals surface area contributed by atoms with Gasteiger partial charge in [0, 0.05) is 25.3 Å². The zero-order valence-electron chi connectivity index (χ0n) is 12.5. The van der Waals surface area contributed by atoms with Crippen LogP contribution in [0, 0.1) is 0 Å². The van der Waals surface area contributed by atoms with Gasteiger partial charge in [-0.2, -0.15) is 10.1 Å². The topological polar surface area (TPSA) is 54.4 Å². The highest BCUT2D eigenvalue weighted by Gasteiger charge is 2.21. The standard InChI is InChI=1S/C16H19N5O/c1-2-6-14-13(4-1)5-3-7-21(14)16-18-15(12-17-19-16)20-8-10-22-11-9-20/h1-2,4,6,12H,3,5,7-11H2. The van der Waals surface area contributed by atoms with E-state index in [4.69, 9.17) is 9.72 Å². The van der Waals surface area contributed by atoms with Crippen molar-refractivity contribution in [3.8, 4) is 0 Å². The van der Waals surface area contributed by atoms with E-state index in [1.807, 2.05) is 0 Å². The van der Waals surface area contributed by atoms with E-state index in [0.717, 1.165) is 51.5 Å². The minimum Gasteiger partial charge on any atom is -0.378 e. The molecule has 2 aliphatic heterocycles. The van der Waals surface area contributed by atoms with Crippen molar-refractivity contribution in [2.75, 3.05) is 42.6 Å². The Morgan fingerprint density at radius 1 is 1.05 bits per heavy atom. The molecule has 4 rings (SSSR count). The minimum atomic E-state index is 0.691.